The highest BCUT2D eigenvalue weighted by Gasteiger charge is 2.24. The average molecular weight is 530 g/mol. The number of nitrogens with one attached hydrogen (secondary N) is 1. The van der Waals surface area contributed by atoms with Crippen LogP contribution >= 0.6 is 0 Å². The van der Waals surface area contributed by atoms with Crippen LogP contribution in [-0.4, -0.2) is 64.5 Å². The van der Waals surface area contributed by atoms with Gasteiger partial charge in [-0.1, -0.05) is 0 Å². The molecule has 5 rings (SSSR count). The summed E-state index contributed by atoms with van der Waals surface area (Å²) in [6.45, 7) is 2.42. The lowest BCUT2D eigenvalue weighted by molar-refractivity contribution is -0.105. The van der Waals surface area contributed by atoms with Crippen LogP contribution in [0.1, 0.15) is 34.3 Å². The Morgan fingerprint density at radius 2 is 1.97 bits per heavy atom. The van der Waals surface area contributed by atoms with Gasteiger partial charge in [-0.3, -0.25) is 9.59 Å². The first-order valence-electron chi connectivity index (χ1n) is 13.1. The van der Waals surface area contributed by atoms with Gasteiger partial charge >= 0.3 is 0 Å². The Balaban J connectivity index is 1.22. The van der Waals surface area contributed by atoms with Gasteiger partial charge in [-0.05, 0) is 80.4 Å². The number of amides is 1. The number of phenols is 1. The number of hydrogen-bond acceptors (Lipinski definition) is 6. The maximum absolute atomic E-state index is 13.7. The fourth-order valence-corrected chi connectivity index (χ4v) is 5.43. The van der Waals surface area contributed by atoms with E-state index in [1.54, 1.807) is 47.3 Å². The lowest BCUT2D eigenvalue weighted by Crippen LogP contribution is -2.44. The lowest BCUT2D eigenvalue weighted by Gasteiger charge is -2.37. The Labute approximate surface area is 226 Å². The van der Waals surface area contributed by atoms with Gasteiger partial charge in [0.1, 0.15) is 17.4 Å². The van der Waals surface area contributed by atoms with Crippen LogP contribution in [0.5, 0.6) is 5.75 Å². The first-order valence-corrected chi connectivity index (χ1v) is 13.1. The van der Waals surface area contributed by atoms with Crippen molar-refractivity contribution < 1.29 is 19.1 Å². The molecule has 1 aliphatic heterocycles. The minimum Gasteiger partial charge on any atom is -0.508 e. The maximum atomic E-state index is 13.7. The quantitative estimate of drug-likeness (QED) is 0.190. The molecule has 4 aromatic rings. The van der Waals surface area contributed by atoms with Gasteiger partial charge in [0, 0.05) is 67.3 Å². The molecule has 0 unspecified atom stereocenters. The van der Waals surface area contributed by atoms with Gasteiger partial charge in [0.25, 0.3) is 0 Å². The summed E-state index contributed by atoms with van der Waals surface area (Å²) < 4.78 is 15.5. The summed E-state index contributed by atoms with van der Waals surface area (Å²) in [5.74, 6) is 0.514. The molecule has 0 saturated carbocycles. The van der Waals surface area contributed by atoms with Crippen molar-refractivity contribution in [3.05, 3.63) is 83.4 Å². The molecule has 9 heteroatoms. The number of aryl methyl sites for hydroxylation is 1. The molecule has 1 amide bonds. The minimum atomic E-state index is -0.332. The van der Waals surface area contributed by atoms with Gasteiger partial charge in [0.2, 0.25) is 6.41 Å². The number of aromatic hydroxyl groups is 1. The zero-order valence-electron chi connectivity index (χ0n) is 22.1. The van der Waals surface area contributed by atoms with E-state index >= 15 is 0 Å². The number of carbonyl (C=O) groups is 2. The Morgan fingerprint density at radius 1 is 1.18 bits per heavy atom. The Kier molecular flexibility index (Phi) is 7.60. The van der Waals surface area contributed by atoms with E-state index < -0.39 is 0 Å². The zero-order chi connectivity index (χ0) is 27.5. The number of aromatic nitrogens is 2. The molecule has 3 heterocycles. The van der Waals surface area contributed by atoms with E-state index in [0.29, 0.717) is 41.2 Å². The average Bonchev–Trinajstić information content (AvgIpc) is 3.28. The van der Waals surface area contributed by atoms with Gasteiger partial charge < -0.3 is 24.8 Å². The molecular weight excluding hydrogens is 497 g/mol. The number of piperidine rings is 1. The van der Waals surface area contributed by atoms with Crippen molar-refractivity contribution in [1.82, 2.24) is 14.5 Å². The van der Waals surface area contributed by atoms with E-state index in [1.165, 1.54) is 12.1 Å². The molecule has 202 valence electrons. The van der Waals surface area contributed by atoms with Crippen molar-refractivity contribution in [2.75, 3.05) is 36.9 Å². The van der Waals surface area contributed by atoms with Crippen LogP contribution in [0.15, 0.2) is 60.9 Å². The molecule has 39 heavy (non-hydrogen) atoms. The number of fused-ring (bicyclic) bond motifs is 1. The monoisotopic (exact) mass is 529 g/mol. The van der Waals surface area contributed by atoms with Crippen LogP contribution in [-0.2, 0) is 18.3 Å². The Morgan fingerprint density at radius 3 is 2.74 bits per heavy atom. The maximum Gasteiger partial charge on any atom is 0.211 e. The van der Waals surface area contributed by atoms with E-state index in [4.69, 9.17) is 0 Å². The largest absolute Gasteiger partial charge is 0.508 e. The number of rotatable bonds is 9. The smallest absolute Gasteiger partial charge is 0.211 e. The van der Waals surface area contributed by atoms with Crippen molar-refractivity contribution in [3.8, 4) is 5.75 Å². The van der Waals surface area contributed by atoms with Crippen LogP contribution in [0.3, 0.4) is 0 Å². The molecule has 8 nitrogen and oxygen atoms in total. The van der Waals surface area contributed by atoms with Crippen molar-refractivity contribution in [3.63, 3.8) is 0 Å². The molecule has 0 spiro atoms. The summed E-state index contributed by atoms with van der Waals surface area (Å²) in [6.07, 6.45) is 6.67. The zero-order valence-corrected chi connectivity index (χ0v) is 22.1. The summed E-state index contributed by atoms with van der Waals surface area (Å²) in [4.78, 5) is 33.4. The fourth-order valence-electron chi connectivity index (χ4n) is 5.43. The lowest BCUT2D eigenvalue weighted by atomic mass is 10.0. The summed E-state index contributed by atoms with van der Waals surface area (Å²) in [7, 11) is 3.91. The Hall–Kier alpha value is -4.24. The van der Waals surface area contributed by atoms with Crippen molar-refractivity contribution in [2.24, 2.45) is 7.05 Å². The van der Waals surface area contributed by atoms with Gasteiger partial charge in [0.05, 0.1) is 5.52 Å². The summed E-state index contributed by atoms with van der Waals surface area (Å²) in [6, 6.07) is 13.4. The third-order valence-electron chi connectivity index (χ3n) is 7.65. The standard InChI is InChI=1S/C30H32FN5O3/c1-34(12-8-20-15-24(38)4-6-27(20)33-19-37)23-9-13-36(14-10-23)29-16-21(7-11-32-29)30(39)26-18-35(2)28-17-22(31)3-5-25(26)28/h3-7,11,15-19,23,38H,8-10,12-14H2,1-2H3,(H,33,37). The van der Waals surface area contributed by atoms with E-state index in [2.05, 4.69) is 27.1 Å². The van der Waals surface area contributed by atoms with E-state index in [9.17, 15) is 19.1 Å². The van der Waals surface area contributed by atoms with E-state index in [1.807, 2.05) is 13.1 Å². The highest BCUT2D eigenvalue weighted by Crippen LogP contribution is 2.27. The van der Waals surface area contributed by atoms with Crippen LogP contribution in [0.4, 0.5) is 15.9 Å². The second-order valence-electron chi connectivity index (χ2n) is 10.1. The third kappa shape index (κ3) is 5.63. The third-order valence-corrected chi connectivity index (χ3v) is 7.65. The number of ketones is 1. The van der Waals surface area contributed by atoms with Gasteiger partial charge in [-0.2, -0.15) is 0 Å². The Bertz CT molecular complexity index is 1510. The van der Waals surface area contributed by atoms with Crippen molar-refractivity contribution >= 4 is 34.6 Å². The van der Waals surface area contributed by atoms with Crippen molar-refractivity contribution in [1.29, 1.82) is 0 Å². The van der Waals surface area contributed by atoms with Gasteiger partial charge in [-0.25, -0.2) is 9.37 Å². The topological polar surface area (TPSA) is 90.7 Å². The molecule has 0 aliphatic carbocycles. The second-order valence-corrected chi connectivity index (χ2v) is 10.1. The van der Waals surface area contributed by atoms with Crippen LogP contribution in [0, 0.1) is 5.82 Å². The molecule has 0 atom stereocenters. The minimum absolute atomic E-state index is 0.110. The predicted molar refractivity (Wildman–Crippen MR) is 150 cm³/mol. The van der Waals surface area contributed by atoms with Crippen molar-refractivity contribution in [2.45, 2.75) is 25.3 Å². The molecule has 1 fully saturated rings. The van der Waals surface area contributed by atoms with Gasteiger partial charge in [-0.15, -0.1) is 0 Å². The molecule has 0 bridgehead atoms. The molecule has 1 saturated heterocycles. The number of nitrogens with zero attached hydrogens (tertiary/aromatic N) is 4. The first kappa shape index (κ1) is 26.4. The molecule has 2 aromatic heterocycles. The predicted octanol–water partition coefficient (Wildman–Crippen LogP) is 4.36. The second kappa shape index (κ2) is 11.2. The molecule has 1 aliphatic rings. The number of carbonyl (C=O) groups excluding carboxylic acids is 2. The number of halogens is 1. The highest BCUT2D eigenvalue weighted by molar-refractivity contribution is 6.16. The van der Waals surface area contributed by atoms with E-state index in [0.717, 1.165) is 49.2 Å². The number of benzene rings is 2. The van der Waals surface area contributed by atoms with Crippen LogP contribution < -0.4 is 10.2 Å². The normalized spacial score (nSPS) is 14.2. The molecule has 2 aromatic carbocycles. The SMILES string of the molecule is CN(CCc1cc(O)ccc1NC=O)C1CCN(c2cc(C(=O)c3cn(C)c4cc(F)ccc34)ccn2)CC1. The number of hydrogen-bond donors (Lipinski definition) is 2. The van der Waals surface area contributed by atoms with Gasteiger partial charge in [0.15, 0.2) is 5.78 Å². The summed E-state index contributed by atoms with van der Waals surface area (Å²) in [5.41, 5.74) is 3.39. The molecule has 0 radical (unpaired) electrons. The number of pyridine rings is 1. The summed E-state index contributed by atoms with van der Waals surface area (Å²) >= 11 is 0. The number of anilines is 2. The summed E-state index contributed by atoms with van der Waals surface area (Å²) in [5, 5.41) is 13.3. The molecule has 2 N–H and O–H groups in total. The van der Waals surface area contributed by atoms with Crippen LogP contribution in [0.2, 0.25) is 0 Å². The fraction of sp³-hybridized carbons (Fsp3) is 0.300. The first-order chi connectivity index (χ1) is 18.8. The molecular formula is C30H32FN5O3. The number of likely N-dealkylation sites (N-methyl/N-ethyl adjacent to an activating group) is 1. The van der Waals surface area contributed by atoms with E-state index in [-0.39, 0.29) is 17.3 Å². The highest BCUT2D eigenvalue weighted by atomic mass is 19.1. The van der Waals surface area contributed by atoms with Crippen LogP contribution in [0.25, 0.3) is 10.9 Å². The number of phenolic OH excluding ortho intramolecular Hbond substituents is 1.